The standard InChI is InChI=1S/C19H22N4O4/c1-2-26-18(25)13-5-7-14(8-6-13)22-19-20-10-9-16(23-19)17(24)21-12-15-4-3-11-27-15/h5-10,15H,2-4,11-12H2,1H3,(H,21,24)(H,20,22,23). The monoisotopic (exact) mass is 370 g/mol. The second-order valence-electron chi connectivity index (χ2n) is 6.03. The molecule has 1 aromatic heterocycles. The van der Waals surface area contributed by atoms with E-state index in [9.17, 15) is 9.59 Å². The molecule has 1 unspecified atom stereocenters. The summed E-state index contributed by atoms with van der Waals surface area (Å²) in [6, 6.07) is 8.30. The van der Waals surface area contributed by atoms with E-state index < -0.39 is 0 Å². The number of carbonyl (C=O) groups is 2. The minimum absolute atomic E-state index is 0.0753. The molecule has 1 atom stereocenters. The van der Waals surface area contributed by atoms with Gasteiger partial charge in [-0.3, -0.25) is 4.79 Å². The van der Waals surface area contributed by atoms with Crippen molar-refractivity contribution in [3.63, 3.8) is 0 Å². The van der Waals surface area contributed by atoms with Crippen molar-refractivity contribution in [3.8, 4) is 0 Å². The van der Waals surface area contributed by atoms with E-state index in [1.54, 1.807) is 37.3 Å². The molecule has 2 aromatic rings. The molecule has 3 rings (SSSR count). The highest BCUT2D eigenvalue weighted by atomic mass is 16.5. The molecule has 0 saturated carbocycles. The van der Waals surface area contributed by atoms with Crippen molar-refractivity contribution in [2.75, 3.05) is 25.1 Å². The summed E-state index contributed by atoms with van der Waals surface area (Å²) in [5.74, 6) is -0.345. The summed E-state index contributed by atoms with van der Waals surface area (Å²) >= 11 is 0. The van der Waals surface area contributed by atoms with E-state index in [1.807, 2.05) is 0 Å². The molecule has 0 bridgehead atoms. The van der Waals surface area contributed by atoms with Crippen molar-refractivity contribution in [3.05, 3.63) is 47.8 Å². The number of hydrogen-bond donors (Lipinski definition) is 2. The van der Waals surface area contributed by atoms with Gasteiger partial charge in [-0.1, -0.05) is 0 Å². The van der Waals surface area contributed by atoms with Gasteiger partial charge < -0.3 is 20.1 Å². The number of benzene rings is 1. The Hall–Kier alpha value is -3.00. The molecule has 1 saturated heterocycles. The van der Waals surface area contributed by atoms with Crippen molar-refractivity contribution >= 4 is 23.5 Å². The quantitative estimate of drug-likeness (QED) is 0.721. The maximum Gasteiger partial charge on any atom is 0.338 e. The third-order valence-electron chi connectivity index (χ3n) is 4.05. The lowest BCUT2D eigenvalue weighted by Crippen LogP contribution is -2.32. The van der Waals surface area contributed by atoms with Gasteiger partial charge in [0.15, 0.2) is 0 Å². The second kappa shape index (κ2) is 9.09. The predicted molar refractivity (Wildman–Crippen MR) is 99.0 cm³/mol. The Morgan fingerprint density at radius 3 is 2.78 bits per heavy atom. The van der Waals surface area contributed by atoms with E-state index in [-0.39, 0.29) is 23.7 Å². The average Bonchev–Trinajstić information content (AvgIpc) is 3.21. The van der Waals surface area contributed by atoms with Gasteiger partial charge in [-0.15, -0.1) is 0 Å². The highest BCUT2D eigenvalue weighted by Crippen LogP contribution is 2.15. The molecule has 2 N–H and O–H groups in total. The lowest BCUT2D eigenvalue weighted by Gasteiger charge is -2.11. The van der Waals surface area contributed by atoms with Crippen LogP contribution in [0.3, 0.4) is 0 Å². The van der Waals surface area contributed by atoms with Gasteiger partial charge in [0, 0.05) is 25.0 Å². The van der Waals surface area contributed by atoms with E-state index in [0.29, 0.717) is 30.4 Å². The molecule has 2 heterocycles. The van der Waals surface area contributed by atoms with Crippen LogP contribution in [0.4, 0.5) is 11.6 Å². The molecule has 1 fully saturated rings. The molecule has 0 spiro atoms. The molecule has 0 radical (unpaired) electrons. The second-order valence-corrected chi connectivity index (χ2v) is 6.03. The number of hydrogen-bond acceptors (Lipinski definition) is 7. The Morgan fingerprint density at radius 1 is 1.26 bits per heavy atom. The van der Waals surface area contributed by atoms with E-state index in [1.165, 1.54) is 6.20 Å². The minimum Gasteiger partial charge on any atom is -0.462 e. The number of ether oxygens (including phenoxy) is 2. The Bertz CT molecular complexity index is 789. The average molecular weight is 370 g/mol. The first-order chi connectivity index (χ1) is 13.2. The third-order valence-corrected chi connectivity index (χ3v) is 4.05. The van der Waals surface area contributed by atoms with Crippen molar-refractivity contribution in [1.82, 2.24) is 15.3 Å². The third kappa shape index (κ3) is 5.24. The Balaban J connectivity index is 1.59. The topological polar surface area (TPSA) is 102 Å². The van der Waals surface area contributed by atoms with Gasteiger partial charge in [-0.2, -0.15) is 0 Å². The van der Waals surface area contributed by atoms with Crippen LogP contribution in [0.5, 0.6) is 0 Å². The number of carbonyl (C=O) groups excluding carboxylic acids is 2. The molecule has 1 aliphatic rings. The van der Waals surface area contributed by atoms with Crippen LogP contribution >= 0.6 is 0 Å². The predicted octanol–water partition coefficient (Wildman–Crippen LogP) is 2.31. The van der Waals surface area contributed by atoms with Gasteiger partial charge in [-0.05, 0) is 50.1 Å². The van der Waals surface area contributed by atoms with E-state index in [0.717, 1.165) is 19.4 Å². The van der Waals surface area contributed by atoms with Crippen molar-refractivity contribution in [2.24, 2.45) is 0 Å². The Morgan fingerprint density at radius 2 is 2.07 bits per heavy atom. The van der Waals surface area contributed by atoms with Gasteiger partial charge in [-0.25, -0.2) is 14.8 Å². The van der Waals surface area contributed by atoms with Crippen LogP contribution < -0.4 is 10.6 Å². The van der Waals surface area contributed by atoms with Crippen molar-refractivity contribution in [1.29, 1.82) is 0 Å². The summed E-state index contributed by atoms with van der Waals surface area (Å²) in [5.41, 5.74) is 1.43. The van der Waals surface area contributed by atoms with Gasteiger partial charge in [0.25, 0.3) is 5.91 Å². The van der Waals surface area contributed by atoms with Gasteiger partial charge >= 0.3 is 5.97 Å². The zero-order chi connectivity index (χ0) is 19.1. The fraction of sp³-hybridized carbons (Fsp3) is 0.368. The van der Waals surface area contributed by atoms with E-state index in [4.69, 9.17) is 9.47 Å². The summed E-state index contributed by atoms with van der Waals surface area (Å²) in [5, 5.41) is 5.85. The normalized spacial score (nSPS) is 16.0. The summed E-state index contributed by atoms with van der Waals surface area (Å²) < 4.78 is 10.4. The van der Waals surface area contributed by atoms with Gasteiger partial charge in [0.2, 0.25) is 5.95 Å². The van der Waals surface area contributed by atoms with Crippen LogP contribution in [-0.2, 0) is 9.47 Å². The van der Waals surface area contributed by atoms with Gasteiger partial charge in [0.1, 0.15) is 5.69 Å². The zero-order valence-electron chi connectivity index (χ0n) is 15.1. The molecule has 0 aliphatic carbocycles. The van der Waals surface area contributed by atoms with Crippen molar-refractivity contribution in [2.45, 2.75) is 25.9 Å². The first-order valence-electron chi connectivity index (χ1n) is 8.92. The maximum atomic E-state index is 12.3. The Labute approximate surface area is 157 Å². The number of rotatable bonds is 7. The number of nitrogens with zero attached hydrogens (tertiary/aromatic N) is 2. The lowest BCUT2D eigenvalue weighted by molar-refractivity contribution is 0.0526. The van der Waals surface area contributed by atoms with E-state index in [2.05, 4.69) is 20.6 Å². The maximum absolute atomic E-state index is 12.3. The molecular weight excluding hydrogens is 348 g/mol. The van der Waals surface area contributed by atoms with Crippen LogP contribution in [0.1, 0.15) is 40.6 Å². The Kier molecular flexibility index (Phi) is 6.32. The van der Waals surface area contributed by atoms with Crippen LogP contribution in [0.25, 0.3) is 0 Å². The van der Waals surface area contributed by atoms with Gasteiger partial charge in [0.05, 0.1) is 18.3 Å². The zero-order valence-corrected chi connectivity index (χ0v) is 15.1. The first kappa shape index (κ1) is 18.8. The number of nitrogens with one attached hydrogen (secondary N) is 2. The molecular formula is C19H22N4O4. The molecule has 1 aromatic carbocycles. The lowest BCUT2D eigenvalue weighted by atomic mass is 10.2. The van der Waals surface area contributed by atoms with Crippen molar-refractivity contribution < 1.29 is 19.1 Å². The highest BCUT2D eigenvalue weighted by molar-refractivity contribution is 5.92. The van der Waals surface area contributed by atoms with Crippen LogP contribution in [-0.4, -0.2) is 47.7 Å². The summed E-state index contributed by atoms with van der Waals surface area (Å²) in [7, 11) is 0. The number of anilines is 2. The molecule has 1 aliphatic heterocycles. The fourth-order valence-corrected chi connectivity index (χ4v) is 2.68. The van der Waals surface area contributed by atoms with Crippen LogP contribution in [0, 0.1) is 0 Å². The first-order valence-corrected chi connectivity index (χ1v) is 8.92. The summed E-state index contributed by atoms with van der Waals surface area (Å²) in [4.78, 5) is 32.3. The molecule has 142 valence electrons. The summed E-state index contributed by atoms with van der Waals surface area (Å²) in [6.45, 7) is 3.31. The van der Waals surface area contributed by atoms with Crippen LogP contribution in [0.15, 0.2) is 36.5 Å². The number of aromatic nitrogens is 2. The summed E-state index contributed by atoms with van der Waals surface area (Å²) in [6.07, 6.45) is 3.57. The molecule has 8 nitrogen and oxygen atoms in total. The smallest absolute Gasteiger partial charge is 0.338 e. The molecule has 1 amide bonds. The number of amides is 1. The largest absolute Gasteiger partial charge is 0.462 e. The molecule has 8 heteroatoms. The van der Waals surface area contributed by atoms with E-state index >= 15 is 0 Å². The minimum atomic E-state index is -0.370. The molecule has 27 heavy (non-hydrogen) atoms. The highest BCUT2D eigenvalue weighted by Gasteiger charge is 2.17. The number of esters is 1. The van der Waals surface area contributed by atoms with Crippen LogP contribution in [0.2, 0.25) is 0 Å². The SMILES string of the molecule is CCOC(=O)c1ccc(Nc2nccc(C(=O)NCC3CCCO3)n2)cc1. The fourth-order valence-electron chi connectivity index (χ4n) is 2.68.